The first-order valence-electron chi connectivity index (χ1n) is 6.85. The number of hydrogen-bond acceptors (Lipinski definition) is 3. The highest BCUT2D eigenvalue weighted by molar-refractivity contribution is 5.66. The molecule has 0 spiro atoms. The summed E-state index contributed by atoms with van der Waals surface area (Å²) in [5.74, 6) is 0.590. The van der Waals surface area contributed by atoms with E-state index in [1.807, 2.05) is 6.92 Å². The van der Waals surface area contributed by atoms with Crippen LogP contribution >= 0.6 is 0 Å². The van der Waals surface area contributed by atoms with Crippen LogP contribution in [0.3, 0.4) is 0 Å². The number of carbonyl (C=O) groups excluding carboxylic acids is 1. The van der Waals surface area contributed by atoms with Gasteiger partial charge in [0.25, 0.3) is 0 Å². The second-order valence-corrected chi connectivity index (χ2v) is 6.20. The smallest absolute Gasteiger partial charge is 0.325 e. The van der Waals surface area contributed by atoms with E-state index in [0.29, 0.717) is 12.5 Å². The van der Waals surface area contributed by atoms with Crippen LogP contribution in [0.1, 0.15) is 47.0 Å². The van der Waals surface area contributed by atoms with E-state index in [0.717, 1.165) is 18.5 Å². The predicted octanol–water partition coefficient (Wildman–Crippen LogP) is 2.97. The van der Waals surface area contributed by atoms with Gasteiger partial charge in [-0.2, -0.15) is 0 Å². The Kier molecular flexibility index (Phi) is 3.30. The Morgan fingerprint density at radius 1 is 1.50 bits per heavy atom. The molecule has 0 saturated heterocycles. The summed E-state index contributed by atoms with van der Waals surface area (Å²) in [6.45, 7) is 9.51. The fraction of sp³-hybridized carbons (Fsp3) is 0.786. The third kappa shape index (κ3) is 1.88. The van der Waals surface area contributed by atoms with E-state index in [9.17, 15) is 4.79 Å². The van der Waals surface area contributed by atoms with Crippen LogP contribution in [0.2, 0.25) is 0 Å². The van der Waals surface area contributed by atoms with Gasteiger partial charge < -0.3 is 10.2 Å². The van der Waals surface area contributed by atoms with Gasteiger partial charge >= 0.3 is 6.09 Å². The van der Waals surface area contributed by atoms with E-state index < -0.39 is 6.09 Å². The lowest BCUT2D eigenvalue weighted by Gasteiger charge is -2.37. The van der Waals surface area contributed by atoms with Crippen molar-refractivity contribution in [1.29, 1.82) is 0 Å². The molecule has 2 rings (SSSR count). The van der Waals surface area contributed by atoms with Crippen LogP contribution in [0, 0.1) is 16.7 Å². The van der Waals surface area contributed by atoms with Gasteiger partial charge in [-0.05, 0) is 30.6 Å². The predicted molar refractivity (Wildman–Crippen MR) is 70.6 cm³/mol. The number of amides is 1. The van der Waals surface area contributed by atoms with E-state index in [4.69, 9.17) is 4.84 Å². The lowest BCUT2D eigenvalue weighted by molar-refractivity contribution is 0.0766. The Morgan fingerprint density at radius 2 is 2.22 bits per heavy atom. The first-order valence-corrected chi connectivity index (χ1v) is 6.85. The standard InChI is InChI=1S/C14H24N2O2/c1-5-8-15-12(17)18-16-11-9-10-6-7-14(11,4)13(10,2)3/h9-10,16H,5-8H2,1-4H3,(H,15,17)/t10-,14-/m0/s1. The first kappa shape index (κ1) is 13.2. The maximum Gasteiger partial charge on any atom is 0.431 e. The fourth-order valence-corrected chi connectivity index (χ4v) is 3.21. The average Bonchev–Trinajstić information content (AvgIpc) is 2.66. The molecule has 4 heteroatoms. The molecule has 18 heavy (non-hydrogen) atoms. The monoisotopic (exact) mass is 252 g/mol. The maximum atomic E-state index is 11.4. The van der Waals surface area contributed by atoms with E-state index >= 15 is 0 Å². The van der Waals surface area contributed by atoms with Crippen molar-refractivity contribution in [3.8, 4) is 0 Å². The van der Waals surface area contributed by atoms with Crippen LogP contribution in [-0.2, 0) is 4.84 Å². The van der Waals surface area contributed by atoms with Gasteiger partial charge in [-0.25, -0.2) is 10.3 Å². The van der Waals surface area contributed by atoms with Crippen LogP contribution in [-0.4, -0.2) is 12.6 Å². The van der Waals surface area contributed by atoms with Crippen LogP contribution in [0.4, 0.5) is 4.79 Å². The molecule has 4 nitrogen and oxygen atoms in total. The third-order valence-electron chi connectivity index (χ3n) is 5.04. The summed E-state index contributed by atoms with van der Waals surface area (Å²) in [5.41, 5.74) is 4.28. The molecule has 1 amide bonds. The van der Waals surface area contributed by atoms with Gasteiger partial charge in [0.1, 0.15) is 0 Å². The molecule has 2 aliphatic carbocycles. The summed E-state index contributed by atoms with van der Waals surface area (Å²) in [7, 11) is 0. The zero-order valence-corrected chi connectivity index (χ0v) is 11.8. The van der Waals surface area contributed by atoms with Gasteiger partial charge in [-0.15, -0.1) is 0 Å². The van der Waals surface area contributed by atoms with Crippen LogP contribution in [0.15, 0.2) is 11.8 Å². The summed E-state index contributed by atoms with van der Waals surface area (Å²) in [4.78, 5) is 16.5. The molecule has 0 aromatic rings. The zero-order valence-electron chi connectivity index (χ0n) is 11.8. The molecule has 0 heterocycles. The van der Waals surface area contributed by atoms with Crippen LogP contribution in [0.25, 0.3) is 0 Å². The number of carbonyl (C=O) groups is 1. The Bertz CT molecular complexity index is 376. The molecule has 2 atom stereocenters. The number of fused-ring (bicyclic) bond motifs is 2. The summed E-state index contributed by atoms with van der Waals surface area (Å²) in [5, 5.41) is 2.68. The Hall–Kier alpha value is -1.19. The van der Waals surface area contributed by atoms with Crippen molar-refractivity contribution in [2.75, 3.05) is 6.54 Å². The van der Waals surface area contributed by atoms with Crippen molar-refractivity contribution in [2.45, 2.75) is 47.0 Å². The minimum atomic E-state index is -0.401. The fourth-order valence-electron chi connectivity index (χ4n) is 3.21. The minimum Gasteiger partial charge on any atom is -0.325 e. The highest BCUT2D eigenvalue weighted by Gasteiger charge is 2.57. The van der Waals surface area contributed by atoms with Gasteiger partial charge in [0.05, 0.1) is 5.70 Å². The van der Waals surface area contributed by atoms with Crippen LogP contribution < -0.4 is 10.8 Å². The largest absolute Gasteiger partial charge is 0.431 e. The number of nitrogens with one attached hydrogen (secondary N) is 2. The lowest BCUT2D eigenvalue weighted by atomic mass is 9.69. The Morgan fingerprint density at radius 3 is 2.72 bits per heavy atom. The molecule has 1 fully saturated rings. The van der Waals surface area contributed by atoms with Gasteiger partial charge in [0.2, 0.25) is 0 Å². The third-order valence-corrected chi connectivity index (χ3v) is 5.04. The molecule has 102 valence electrons. The molecule has 2 N–H and O–H groups in total. The minimum absolute atomic E-state index is 0.0999. The van der Waals surface area contributed by atoms with Gasteiger partial charge in [-0.3, -0.25) is 0 Å². The molecule has 0 unspecified atom stereocenters. The van der Waals surface area contributed by atoms with Crippen molar-refractivity contribution >= 4 is 6.09 Å². The summed E-state index contributed by atoms with van der Waals surface area (Å²) in [6, 6.07) is 0. The second kappa shape index (κ2) is 4.48. The van der Waals surface area contributed by atoms with E-state index in [1.165, 1.54) is 6.42 Å². The normalized spacial score (nSPS) is 32.0. The molecular formula is C14H24N2O2. The zero-order chi connectivity index (χ0) is 13.4. The number of hydroxylamine groups is 1. The summed E-state index contributed by atoms with van der Waals surface area (Å²) in [6.07, 6.45) is 5.13. The van der Waals surface area contributed by atoms with Crippen molar-refractivity contribution in [2.24, 2.45) is 16.7 Å². The van der Waals surface area contributed by atoms with E-state index in [1.54, 1.807) is 0 Å². The van der Waals surface area contributed by atoms with Crippen LogP contribution in [0.5, 0.6) is 0 Å². The second-order valence-electron chi connectivity index (χ2n) is 6.20. The molecule has 0 radical (unpaired) electrons. The lowest BCUT2D eigenvalue weighted by Crippen LogP contribution is -2.37. The SMILES string of the molecule is CCCNC(=O)ONC1=C[C@@H]2CC[C@]1(C)C2(C)C. The van der Waals surface area contributed by atoms with E-state index in [-0.39, 0.29) is 10.8 Å². The van der Waals surface area contributed by atoms with E-state index in [2.05, 4.69) is 37.6 Å². The first-order chi connectivity index (χ1) is 8.41. The molecule has 1 saturated carbocycles. The molecule has 0 aliphatic heterocycles. The van der Waals surface area contributed by atoms with Crippen molar-refractivity contribution in [3.63, 3.8) is 0 Å². The van der Waals surface area contributed by atoms with Gasteiger partial charge in [0, 0.05) is 12.0 Å². The van der Waals surface area contributed by atoms with Crippen molar-refractivity contribution in [3.05, 3.63) is 11.8 Å². The van der Waals surface area contributed by atoms with Crippen molar-refractivity contribution < 1.29 is 9.63 Å². The van der Waals surface area contributed by atoms with Gasteiger partial charge in [0.15, 0.2) is 0 Å². The molecule has 2 aliphatic rings. The topological polar surface area (TPSA) is 50.4 Å². The maximum absolute atomic E-state index is 11.4. The Balaban J connectivity index is 1.93. The average molecular weight is 252 g/mol. The highest BCUT2D eigenvalue weighted by atomic mass is 16.7. The molecule has 2 bridgehead atoms. The van der Waals surface area contributed by atoms with Crippen molar-refractivity contribution in [1.82, 2.24) is 10.8 Å². The highest BCUT2D eigenvalue weighted by Crippen LogP contribution is 2.64. The summed E-state index contributed by atoms with van der Waals surface area (Å²) >= 11 is 0. The molecule has 0 aromatic carbocycles. The molecular weight excluding hydrogens is 228 g/mol. The van der Waals surface area contributed by atoms with Gasteiger partial charge in [-0.1, -0.05) is 33.8 Å². The Labute approximate surface area is 109 Å². The number of rotatable bonds is 4. The molecule has 0 aromatic heterocycles. The quantitative estimate of drug-likeness (QED) is 0.756. The number of allylic oxidation sites excluding steroid dienone is 2. The summed E-state index contributed by atoms with van der Waals surface area (Å²) < 4.78 is 0. The number of hydrogen-bond donors (Lipinski definition) is 2.